The summed E-state index contributed by atoms with van der Waals surface area (Å²) in [5.41, 5.74) is -0.0250. The van der Waals surface area contributed by atoms with Gasteiger partial charge in [0.05, 0.1) is 5.39 Å². The van der Waals surface area contributed by atoms with Crippen molar-refractivity contribution in [2.75, 3.05) is 5.75 Å². The number of thioether (sulfide) groups is 1. The van der Waals surface area contributed by atoms with Crippen LogP contribution in [0.2, 0.25) is 0 Å². The molecule has 0 aromatic carbocycles. The average Bonchev–Trinajstić information content (AvgIpc) is 2.56. The van der Waals surface area contributed by atoms with Gasteiger partial charge < -0.3 is 4.98 Å². The smallest absolute Gasteiger partial charge is 0.260 e. The van der Waals surface area contributed by atoms with Gasteiger partial charge in [0.25, 0.3) is 5.56 Å². The molecule has 2 rings (SSSR count). The summed E-state index contributed by atoms with van der Waals surface area (Å²) >= 11 is 3.17. The molecule has 0 saturated heterocycles. The van der Waals surface area contributed by atoms with Crippen LogP contribution >= 0.6 is 23.1 Å². The molecule has 0 spiro atoms. The normalized spacial score (nSPS) is 11.1. The van der Waals surface area contributed by atoms with Crippen molar-refractivity contribution >= 4 is 33.3 Å². The third-order valence-electron chi connectivity index (χ3n) is 1.95. The van der Waals surface area contributed by atoms with E-state index in [-0.39, 0.29) is 5.56 Å². The van der Waals surface area contributed by atoms with E-state index >= 15 is 0 Å². The van der Waals surface area contributed by atoms with Crippen LogP contribution in [0.25, 0.3) is 10.2 Å². The predicted molar refractivity (Wildman–Crippen MR) is 66.0 cm³/mol. The van der Waals surface area contributed by atoms with Gasteiger partial charge in [-0.15, -0.1) is 11.3 Å². The molecule has 0 aliphatic rings. The molecule has 5 heteroatoms. The SMILES string of the molecule is CCCSc1nc2sc(C)cc2c(=O)[nH]1. The maximum atomic E-state index is 11.7. The van der Waals surface area contributed by atoms with Crippen molar-refractivity contribution in [2.45, 2.75) is 25.4 Å². The van der Waals surface area contributed by atoms with E-state index in [0.29, 0.717) is 5.39 Å². The lowest BCUT2D eigenvalue weighted by Crippen LogP contribution is -2.07. The lowest BCUT2D eigenvalue weighted by molar-refractivity contribution is 0.973. The van der Waals surface area contributed by atoms with Crippen molar-refractivity contribution in [1.82, 2.24) is 9.97 Å². The maximum Gasteiger partial charge on any atom is 0.260 e. The van der Waals surface area contributed by atoms with Crippen LogP contribution < -0.4 is 5.56 Å². The molecule has 0 radical (unpaired) electrons. The van der Waals surface area contributed by atoms with Crippen LogP contribution in [-0.2, 0) is 0 Å². The molecular formula is C10H12N2OS2. The highest BCUT2D eigenvalue weighted by Crippen LogP contribution is 2.22. The van der Waals surface area contributed by atoms with E-state index in [4.69, 9.17) is 0 Å². The van der Waals surface area contributed by atoms with Gasteiger partial charge in [-0.2, -0.15) is 0 Å². The standard InChI is InChI=1S/C10H12N2OS2/c1-3-4-14-10-11-8(13)7-5-6(2)15-9(7)12-10/h5H,3-4H2,1-2H3,(H,11,12,13). The van der Waals surface area contributed by atoms with E-state index in [1.165, 1.54) is 0 Å². The minimum absolute atomic E-state index is 0.0250. The summed E-state index contributed by atoms with van der Waals surface area (Å²) < 4.78 is 0. The summed E-state index contributed by atoms with van der Waals surface area (Å²) in [6.07, 6.45) is 1.08. The Kier molecular flexibility index (Phi) is 3.11. The fourth-order valence-electron chi connectivity index (χ4n) is 1.30. The molecule has 0 bridgehead atoms. The van der Waals surface area contributed by atoms with E-state index in [1.54, 1.807) is 23.1 Å². The number of aromatic nitrogens is 2. The second-order valence-corrected chi connectivity index (χ2v) is 5.61. The Balaban J connectivity index is 2.47. The van der Waals surface area contributed by atoms with Crippen LogP contribution in [0.4, 0.5) is 0 Å². The Morgan fingerprint density at radius 3 is 3.13 bits per heavy atom. The lowest BCUT2D eigenvalue weighted by atomic mass is 10.4. The Morgan fingerprint density at radius 1 is 1.60 bits per heavy atom. The zero-order chi connectivity index (χ0) is 10.8. The van der Waals surface area contributed by atoms with Gasteiger partial charge in [0, 0.05) is 10.6 Å². The summed E-state index contributed by atoms with van der Waals surface area (Å²) in [5.74, 6) is 0.985. The molecule has 0 atom stereocenters. The van der Waals surface area contributed by atoms with E-state index in [1.807, 2.05) is 13.0 Å². The first-order valence-corrected chi connectivity index (χ1v) is 6.64. The van der Waals surface area contributed by atoms with Crippen molar-refractivity contribution in [3.05, 3.63) is 21.3 Å². The molecule has 0 saturated carbocycles. The first kappa shape index (κ1) is 10.7. The highest BCUT2D eigenvalue weighted by atomic mass is 32.2. The largest absolute Gasteiger partial charge is 0.301 e. The first-order chi connectivity index (χ1) is 7.20. The third kappa shape index (κ3) is 2.23. The zero-order valence-electron chi connectivity index (χ0n) is 8.66. The molecule has 2 aromatic rings. The molecule has 1 N–H and O–H groups in total. The predicted octanol–water partition coefficient (Wildman–Crippen LogP) is 2.80. The van der Waals surface area contributed by atoms with E-state index in [0.717, 1.165) is 27.0 Å². The molecule has 0 aliphatic heterocycles. The van der Waals surface area contributed by atoms with Crippen LogP contribution in [0, 0.1) is 6.92 Å². The third-order valence-corrected chi connectivity index (χ3v) is 3.97. The number of fused-ring (bicyclic) bond motifs is 1. The van der Waals surface area contributed by atoms with Gasteiger partial charge in [-0.25, -0.2) is 4.98 Å². The summed E-state index contributed by atoms with van der Waals surface area (Å²) in [7, 11) is 0. The number of H-pyrrole nitrogens is 1. The number of aryl methyl sites for hydroxylation is 1. The molecule has 0 unspecified atom stereocenters. The first-order valence-electron chi connectivity index (χ1n) is 4.84. The molecule has 15 heavy (non-hydrogen) atoms. The zero-order valence-corrected chi connectivity index (χ0v) is 10.3. The number of aromatic amines is 1. The molecule has 2 aromatic heterocycles. The average molecular weight is 240 g/mol. The number of hydrogen-bond donors (Lipinski definition) is 1. The number of nitrogens with zero attached hydrogens (tertiary/aromatic N) is 1. The molecular weight excluding hydrogens is 228 g/mol. The second kappa shape index (κ2) is 4.37. The summed E-state index contributed by atoms with van der Waals surface area (Å²) in [5, 5.41) is 1.44. The van der Waals surface area contributed by atoms with Crippen LogP contribution in [0.5, 0.6) is 0 Å². The van der Waals surface area contributed by atoms with Gasteiger partial charge >= 0.3 is 0 Å². The molecule has 0 amide bonds. The quantitative estimate of drug-likeness (QED) is 0.663. The van der Waals surface area contributed by atoms with Crippen LogP contribution in [0.15, 0.2) is 16.0 Å². The van der Waals surface area contributed by atoms with E-state index in [2.05, 4.69) is 16.9 Å². The molecule has 80 valence electrons. The van der Waals surface area contributed by atoms with Gasteiger partial charge in [-0.1, -0.05) is 18.7 Å². The van der Waals surface area contributed by atoms with Crippen LogP contribution in [0.3, 0.4) is 0 Å². The van der Waals surface area contributed by atoms with Gasteiger partial charge in [-0.3, -0.25) is 4.79 Å². The Bertz CT molecular complexity index is 530. The fourth-order valence-corrected chi connectivity index (χ4v) is 2.96. The molecule has 2 heterocycles. The summed E-state index contributed by atoms with van der Waals surface area (Å²) in [6.45, 7) is 4.10. The fraction of sp³-hybridized carbons (Fsp3) is 0.400. The number of rotatable bonds is 3. The van der Waals surface area contributed by atoms with Crippen LogP contribution in [0.1, 0.15) is 18.2 Å². The van der Waals surface area contributed by atoms with E-state index < -0.39 is 0 Å². The topological polar surface area (TPSA) is 45.8 Å². The highest BCUT2D eigenvalue weighted by Gasteiger charge is 2.06. The molecule has 3 nitrogen and oxygen atoms in total. The monoisotopic (exact) mass is 240 g/mol. The van der Waals surface area contributed by atoms with Gasteiger partial charge in [0.1, 0.15) is 4.83 Å². The Hall–Kier alpha value is -0.810. The highest BCUT2D eigenvalue weighted by molar-refractivity contribution is 7.99. The van der Waals surface area contributed by atoms with Crippen molar-refractivity contribution < 1.29 is 0 Å². The van der Waals surface area contributed by atoms with Crippen molar-refractivity contribution in [1.29, 1.82) is 0 Å². The minimum Gasteiger partial charge on any atom is -0.301 e. The maximum absolute atomic E-state index is 11.7. The van der Waals surface area contributed by atoms with Gasteiger partial charge in [-0.05, 0) is 19.4 Å². The Morgan fingerprint density at radius 2 is 2.40 bits per heavy atom. The minimum atomic E-state index is -0.0250. The number of hydrogen-bond acceptors (Lipinski definition) is 4. The second-order valence-electron chi connectivity index (χ2n) is 3.30. The van der Waals surface area contributed by atoms with Crippen molar-refractivity contribution in [3.63, 3.8) is 0 Å². The van der Waals surface area contributed by atoms with E-state index in [9.17, 15) is 4.79 Å². The van der Waals surface area contributed by atoms with Gasteiger partial charge in [0.15, 0.2) is 5.16 Å². The number of thiophene rings is 1. The lowest BCUT2D eigenvalue weighted by Gasteiger charge is -1.97. The summed E-state index contributed by atoms with van der Waals surface area (Å²) in [4.78, 5) is 20.9. The molecule has 0 fully saturated rings. The van der Waals surface area contributed by atoms with Gasteiger partial charge in [0.2, 0.25) is 0 Å². The van der Waals surface area contributed by atoms with Crippen molar-refractivity contribution in [2.24, 2.45) is 0 Å². The summed E-state index contributed by atoms with van der Waals surface area (Å²) in [6, 6.07) is 1.89. The Labute approximate surface area is 95.9 Å². The van der Waals surface area contributed by atoms with Crippen LogP contribution in [-0.4, -0.2) is 15.7 Å². The van der Waals surface area contributed by atoms with Crippen molar-refractivity contribution in [3.8, 4) is 0 Å². The molecule has 0 aliphatic carbocycles. The number of nitrogens with one attached hydrogen (secondary N) is 1.